The molecule has 0 aliphatic carbocycles. The Bertz CT molecular complexity index is 553. The Morgan fingerprint density at radius 1 is 1.35 bits per heavy atom. The number of hydrogen-bond donors (Lipinski definition) is 3. The monoisotopic (exact) mass is 299 g/mol. The van der Waals surface area contributed by atoms with Crippen LogP contribution in [0, 0.1) is 13.8 Å². The number of aryl methyl sites for hydroxylation is 1. The molecule has 1 unspecified atom stereocenters. The number of carbonyl (C=O) groups is 3. The van der Waals surface area contributed by atoms with Crippen molar-refractivity contribution in [3.63, 3.8) is 0 Å². The van der Waals surface area contributed by atoms with Crippen LogP contribution in [0.25, 0.3) is 0 Å². The van der Waals surface area contributed by atoms with E-state index in [0.29, 0.717) is 10.6 Å². The number of ether oxygens (including phenoxy) is 1. The van der Waals surface area contributed by atoms with Crippen LogP contribution in [0.5, 0.6) is 0 Å². The number of anilines is 1. The molecule has 110 valence electrons. The molecule has 0 fully saturated rings. The summed E-state index contributed by atoms with van der Waals surface area (Å²) in [5.74, 6) is -1.78. The molecule has 1 aromatic rings. The van der Waals surface area contributed by atoms with E-state index in [1.54, 1.807) is 6.92 Å². The predicted octanol–water partition coefficient (Wildman–Crippen LogP) is 0.293. The van der Waals surface area contributed by atoms with Crippen LogP contribution in [0.1, 0.15) is 27.2 Å². The Balaban J connectivity index is 2.98. The minimum absolute atomic E-state index is 0.261. The highest BCUT2D eigenvalue weighted by atomic mass is 32.1. The van der Waals surface area contributed by atoms with Crippen molar-refractivity contribution in [2.45, 2.75) is 26.3 Å². The number of esters is 1. The number of amides is 2. The lowest BCUT2D eigenvalue weighted by molar-refractivity contribution is -0.123. The molecule has 1 rings (SSSR count). The van der Waals surface area contributed by atoms with Crippen LogP contribution in [0.15, 0.2) is 0 Å². The van der Waals surface area contributed by atoms with Crippen molar-refractivity contribution in [1.82, 2.24) is 0 Å². The highest BCUT2D eigenvalue weighted by molar-refractivity contribution is 7.16. The third kappa shape index (κ3) is 3.55. The van der Waals surface area contributed by atoms with E-state index in [1.165, 1.54) is 18.4 Å². The highest BCUT2D eigenvalue weighted by Crippen LogP contribution is 2.32. The summed E-state index contributed by atoms with van der Waals surface area (Å²) < 4.78 is 4.69. The third-order valence-electron chi connectivity index (χ3n) is 2.77. The number of hydrogen-bond acceptors (Lipinski definition) is 6. The summed E-state index contributed by atoms with van der Waals surface area (Å²) in [5.41, 5.74) is 11.6. The SMILES string of the molecule is COC(=O)c1c(NC(=O)C(N)CC(N)=O)sc(C)c1C. The first kappa shape index (κ1) is 16.1. The van der Waals surface area contributed by atoms with Crippen LogP contribution >= 0.6 is 11.3 Å². The largest absolute Gasteiger partial charge is 0.465 e. The molecule has 0 bridgehead atoms. The lowest BCUT2D eigenvalue weighted by Crippen LogP contribution is -2.39. The summed E-state index contributed by atoms with van der Waals surface area (Å²) in [6.07, 6.45) is -0.261. The quantitative estimate of drug-likeness (QED) is 0.674. The molecule has 0 saturated heterocycles. The Kier molecular flexibility index (Phi) is 5.23. The van der Waals surface area contributed by atoms with Gasteiger partial charge in [0.25, 0.3) is 0 Å². The number of primary amides is 1. The molecule has 0 aliphatic heterocycles. The van der Waals surface area contributed by atoms with E-state index >= 15 is 0 Å². The highest BCUT2D eigenvalue weighted by Gasteiger charge is 2.24. The van der Waals surface area contributed by atoms with E-state index in [1.807, 2.05) is 6.92 Å². The normalized spacial score (nSPS) is 11.8. The van der Waals surface area contributed by atoms with Crippen LogP contribution in [0.3, 0.4) is 0 Å². The maximum atomic E-state index is 11.8. The Hall–Kier alpha value is -1.93. The average Bonchev–Trinajstić information content (AvgIpc) is 2.63. The van der Waals surface area contributed by atoms with Crippen molar-refractivity contribution in [3.8, 4) is 0 Å². The zero-order chi connectivity index (χ0) is 15.4. The van der Waals surface area contributed by atoms with Gasteiger partial charge in [0.2, 0.25) is 11.8 Å². The first-order valence-corrected chi connectivity index (χ1v) is 6.62. The van der Waals surface area contributed by atoms with Gasteiger partial charge in [0, 0.05) is 4.88 Å². The van der Waals surface area contributed by atoms with E-state index in [9.17, 15) is 14.4 Å². The fraction of sp³-hybridized carbons (Fsp3) is 0.417. The van der Waals surface area contributed by atoms with Crippen molar-refractivity contribution < 1.29 is 19.1 Å². The second-order valence-electron chi connectivity index (χ2n) is 4.25. The van der Waals surface area contributed by atoms with Gasteiger partial charge in [-0.15, -0.1) is 11.3 Å². The number of thiophene rings is 1. The molecule has 7 nitrogen and oxygen atoms in total. The topological polar surface area (TPSA) is 125 Å². The number of methoxy groups -OCH3 is 1. The molecule has 0 saturated carbocycles. The fourth-order valence-electron chi connectivity index (χ4n) is 1.58. The summed E-state index contributed by atoms with van der Waals surface area (Å²) in [5, 5.41) is 2.90. The third-order valence-corrected chi connectivity index (χ3v) is 3.89. The van der Waals surface area contributed by atoms with E-state index in [4.69, 9.17) is 11.5 Å². The zero-order valence-electron chi connectivity index (χ0n) is 11.5. The lowest BCUT2D eigenvalue weighted by atomic mass is 10.1. The van der Waals surface area contributed by atoms with Gasteiger partial charge < -0.3 is 21.5 Å². The van der Waals surface area contributed by atoms with Gasteiger partial charge in [-0.3, -0.25) is 9.59 Å². The minimum atomic E-state index is -1.05. The van der Waals surface area contributed by atoms with Gasteiger partial charge in [-0.2, -0.15) is 0 Å². The van der Waals surface area contributed by atoms with Crippen LogP contribution < -0.4 is 16.8 Å². The summed E-state index contributed by atoms with van der Waals surface area (Å²) >= 11 is 1.24. The molecule has 0 aromatic carbocycles. The molecule has 0 spiro atoms. The van der Waals surface area contributed by atoms with Crippen molar-refractivity contribution in [2.24, 2.45) is 11.5 Å². The summed E-state index contributed by atoms with van der Waals surface area (Å²) in [4.78, 5) is 35.2. The second-order valence-corrected chi connectivity index (χ2v) is 5.47. The van der Waals surface area contributed by atoms with Crippen molar-refractivity contribution in [3.05, 3.63) is 16.0 Å². The van der Waals surface area contributed by atoms with Crippen molar-refractivity contribution >= 4 is 34.1 Å². The van der Waals surface area contributed by atoms with Crippen molar-refractivity contribution in [2.75, 3.05) is 12.4 Å². The molecule has 0 aliphatic rings. The molecular weight excluding hydrogens is 282 g/mol. The Morgan fingerprint density at radius 2 is 1.95 bits per heavy atom. The van der Waals surface area contributed by atoms with Crippen molar-refractivity contribution in [1.29, 1.82) is 0 Å². The summed E-state index contributed by atoms with van der Waals surface area (Å²) in [6.45, 7) is 3.59. The van der Waals surface area contributed by atoms with Crippen LogP contribution in [0.4, 0.5) is 5.00 Å². The molecule has 1 heterocycles. The van der Waals surface area contributed by atoms with E-state index in [0.717, 1.165) is 10.4 Å². The summed E-state index contributed by atoms with van der Waals surface area (Å²) in [6, 6.07) is -1.05. The number of nitrogens with one attached hydrogen (secondary N) is 1. The van der Waals surface area contributed by atoms with Gasteiger partial charge in [0.15, 0.2) is 0 Å². The minimum Gasteiger partial charge on any atom is -0.465 e. The lowest BCUT2D eigenvalue weighted by Gasteiger charge is -2.10. The van der Waals surface area contributed by atoms with E-state index in [2.05, 4.69) is 10.1 Å². The summed E-state index contributed by atoms with van der Waals surface area (Å²) in [7, 11) is 1.26. The van der Waals surface area contributed by atoms with Gasteiger partial charge >= 0.3 is 5.97 Å². The molecule has 1 atom stereocenters. The smallest absolute Gasteiger partial charge is 0.341 e. The van der Waals surface area contributed by atoms with Gasteiger partial charge in [0.05, 0.1) is 25.1 Å². The first-order chi connectivity index (χ1) is 9.27. The molecule has 8 heteroatoms. The van der Waals surface area contributed by atoms with Crippen LogP contribution in [-0.2, 0) is 14.3 Å². The zero-order valence-corrected chi connectivity index (χ0v) is 12.3. The molecule has 5 N–H and O–H groups in total. The van der Waals surface area contributed by atoms with E-state index < -0.39 is 23.8 Å². The van der Waals surface area contributed by atoms with Crippen LogP contribution in [0.2, 0.25) is 0 Å². The second kappa shape index (κ2) is 6.49. The Labute approximate surface area is 120 Å². The standard InChI is InChI=1S/C12H17N3O4S/c1-5-6(2)20-11(9(5)12(18)19-3)15-10(17)7(13)4-8(14)16/h7H,4,13H2,1-3H3,(H2,14,16)(H,15,17). The predicted molar refractivity (Wildman–Crippen MR) is 75.5 cm³/mol. The molecule has 20 heavy (non-hydrogen) atoms. The number of nitrogens with two attached hydrogens (primary N) is 2. The average molecular weight is 299 g/mol. The molecule has 1 aromatic heterocycles. The fourth-order valence-corrected chi connectivity index (χ4v) is 2.63. The van der Waals surface area contributed by atoms with Gasteiger partial charge in [-0.05, 0) is 19.4 Å². The number of rotatable bonds is 5. The number of carbonyl (C=O) groups excluding carboxylic acids is 3. The molecule has 2 amide bonds. The maximum absolute atomic E-state index is 11.8. The first-order valence-electron chi connectivity index (χ1n) is 5.81. The van der Waals surface area contributed by atoms with Crippen LogP contribution in [-0.4, -0.2) is 30.9 Å². The molecular formula is C12H17N3O4S. The van der Waals surface area contributed by atoms with Gasteiger partial charge in [-0.25, -0.2) is 4.79 Å². The maximum Gasteiger partial charge on any atom is 0.341 e. The van der Waals surface area contributed by atoms with Gasteiger partial charge in [0.1, 0.15) is 5.00 Å². The van der Waals surface area contributed by atoms with Gasteiger partial charge in [-0.1, -0.05) is 0 Å². The van der Waals surface area contributed by atoms with E-state index in [-0.39, 0.29) is 6.42 Å². The molecule has 0 radical (unpaired) electrons. The Morgan fingerprint density at radius 3 is 2.45 bits per heavy atom.